The van der Waals surface area contributed by atoms with E-state index in [-0.39, 0.29) is 6.04 Å². The maximum Gasteiger partial charge on any atom is 0.153 e. The van der Waals surface area contributed by atoms with Gasteiger partial charge in [-0.15, -0.1) is 5.10 Å². The van der Waals surface area contributed by atoms with Crippen molar-refractivity contribution >= 4 is 15.9 Å². The topological polar surface area (TPSA) is 55.6 Å². The molecule has 1 unspecified atom stereocenters. The lowest BCUT2D eigenvalue weighted by Gasteiger charge is -2.18. The Morgan fingerprint density at radius 3 is 2.65 bits per heavy atom. The number of pyridine rings is 1. The first-order valence-corrected chi connectivity index (χ1v) is 6.21. The summed E-state index contributed by atoms with van der Waals surface area (Å²) in [6.07, 6.45) is 3.58. The average Bonchev–Trinajstić information content (AvgIpc) is 2.68. The van der Waals surface area contributed by atoms with Crippen LogP contribution < -0.4 is 5.32 Å². The van der Waals surface area contributed by atoms with Crippen LogP contribution >= 0.6 is 15.9 Å². The van der Waals surface area contributed by atoms with Gasteiger partial charge in [-0.1, -0.05) is 12.1 Å². The van der Waals surface area contributed by atoms with Crippen LogP contribution in [0.3, 0.4) is 0 Å². The predicted octanol–water partition coefficient (Wildman–Crippen LogP) is 1.67. The summed E-state index contributed by atoms with van der Waals surface area (Å²) >= 11 is 3.43. The summed E-state index contributed by atoms with van der Waals surface area (Å²) in [5, 5.41) is 11.5. The average molecular weight is 296 g/mol. The van der Waals surface area contributed by atoms with E-state index in [9.17, 15) is 0 Å². The molecule has 1 atom stereocenters. The van der Waals surface area contributed by atoms with Crippen molar-refractivity contribution in [1.82, 2.24) is 25.3 Å². The fourth-order valence-corrected chi connectivity index (χ4v) is 2.33. The van der Waals surface area contributed by atoms with E-state index in [0.717, 1.165) is 22.4 Å². The molecule has 0 radical (unpaired) electrons. The highest BCUT2D eigenvalue weighted by atomic mass is 79.9. The van der Waals surface area contributed by atoms with Crippen molar-refractivity contribution in [3.8, 4) is 0 Å². The number of aromatic nitrogens is 4. The number of nitrogens with zero attached hydrogens (tertiary/aromatic N) is 4. The van der Waals surface area contributed by atoms with Crippen LogP contribution in [0.5, 0.6) is 0 Å². The van der Waals surface area contributed by atoms with Gasteiger partial charge < -0.3 is 5.32 Å². The van der Waals surface area contributed by atoms with Gasteiger partial charge in [0.1, 0.15) is 0 Å². The summed E-state index contributed by atoms with van der Waals surface area (Å²) in [6.45, 7) is 2.94. The highest BCUT2D eigenvalue weighted by molar-refractivity contribution is 9.10. The number of halogens is 1. The van der Waals surface area contributed by atoms with Crippen molar-refractivity contribution in [2.45, 2.75) is 13.0 Å². The molecule has 0 saturated carbocycles. The predicted molar refractivity (Wildman–Crippen MR) is 68.5 cm³/mol. The Hall–Kier alpha value is -1.27. The Labute approximate surface area is 108 Å². The van der Waals surface area contributed by atoms with Gasteiger partial charge in [0.25, 0.3) is 0 Å². The zero-order valence-electron chi connectivity index (χ0n) is 9.76. The van der Waals surface area contributed by atoms with Gasteiger partial charge in [-0.3, -0.25) is 4.98 Å². The minimum Gasteiger partial charge on any atom is -0.305 e. The molecular formula is C11H14BrN5. The van der Waals surface area contributed by atoms with Gasteiger partial charge in [0.2, 0.25) is 0 Å². The Morgan fingerprint density at radius 1 is 1.41 bits per heavy atom. The molecule has 2 rings (SSSR count). The summed E-state index contributed by atoms with van der Waals surface area (Å²) in [6, 6.07) is 4.05. The van der Waals surface area contributed by atoms with Gasteiger partial charge in [-0.25, -0.2) is 4.68 Å². The fraction of sp³-hybridized carbons (Fsp3) is 0.364. The van der Waals surface area contributed by atoms with Gasteiger partial charge in [0.05, 0.1) is 11.7 Å². The van der Waals surface area contributed by atoms with Crippen LogP contribution in [-0.2, 0) is 7.05 Å². The number of rotatable bonds is 4. The first kappa shape index (κ1) is 12.2. The van der Waals surface area contributed by atoms with E-state index in [0.29, 0.717) is 0 Å². The summed E-state index contributed by atoms with van der Waals surface area (Å²) < 4.78 is 2.54. The van der Waals surface area contributed by atoms with E-state index in [1.54, 1.807) is 17.1 Å². The molecule has 0 spiro atoms. The molecule has 0 saturated heterocycles. The zero-order valence-corrected chi connectivity index (χ0v) is 11.3. The standard InChI is InChI=1S/C11H14BrN5/c1-3-14-9(8-4-6-13-7-5-8)10-11(12)15-16-17(10)2/h4-7,9,14H,3H2,1-2H3. The number of hydrogen-bond donors (Lipinski definition) is 1. The second-order valence-electron chi connectivity index (χ2n) is 3.66. The smallest absolute Gasteiger partial charge is 0.153 e. The number of aryl methyl sites for hydroxylation is 1. The van der Waals surface area contributed by atoms with Crippen molar-refractivity contribution in [3.63, 3.8) is 0 Å². The van der Waals surface area contributed by atoms with Crippen molar-refractivity contribution in [1.29, 1.82) is 0 Å². The van der Waals surface area contributed by atoms with Crippen molar-refractivity contribution in [2.24, 2.45) is 7.05 Å². The van der Waals surface area contributed by atoms with Crippen molar-refractivity contribution in [3.05, 3.63) is 40.4 Å². The molecule has 0 amide bonds. The number of hydrogen-bond acceptors (Lipinski definition) is 4. The van der Waals surface area contributed by atoms with E-state index in [4.69, 9.17) is 0 Å². The van der Waals surface area contributed by atoms with E-state index < -0.39 is 0 Å². The molecule has 0 aliphatic carbocycles. The van der Waals surface area contributed by atoms with E-state index in [1.807, 2.05) is 19.2 Å². The Morgan fingerprint density at radius 2 is 2.12 bits per heavy atom. The van der Waals surface area contributed by atoms with Crippen LogP contribution in [0.1, 0.15) is 24.2 Å². The molecular weight excluding hydrogens is 282 g/mol. The molecule has 0 aromatic carbocycles. The molecule has 2 aromatic rings. The summed E-state index contributed by atoms with van der Waals surface area (Å²) in [7, 11) is 1.89. The third kappa shape index (κ3) is 2.53. The lowest BCUT2D eigenvalue weighted by Crippen LogP contribution is -2.24. The molecule has 2 aromatic heterocycles. The Kier molecular flexibility index (Phi) is 3.86. The van der Waals surface area contributed by atoms with Gasteiger partial charge in [-0.05, 0) is 40.2 Å². The normalized spacial score (nSPS) is 12.6. The molecule has 5 nitrogen and oxygen atoms in total. The van der Waals surface area contributed by atoms with E-state index in [2.05, 4.69) is 43.5 Å². The first-order valence-electron chi connectivity index (χ1n) is 5.42. The van der Waals surface area contributed by atoms with E-state index >= 15 is 0 Å². The van der Waals surface area contributed by atoms with Gasteiger partial charge in [0, 0.05) is 19.4 Å². The second kappa shape index (κ2) is 5.37. The highest BCUT2D eigenvalue weighted by Crippen LogP contribution is 2.25. The van der Waals surface area contributed by atoms with Crippen molar-refractivity contribution < 1.29 is 0 Å². The van der Waals surface area contributed by atoms with Gasteiger partial charge in [0.15, 0.2) is 4.60 Å². The second-order valence-corrected chi connectivity index (χ2v) is 4.41. The minimum absolute atomic E-state index is 0.0670. The summed E-state index contributed by atoms with van der Waals surface area (Å²) in [4.78, 5) is 4.04. The molecule has 6 heteroatoms. The number of nitrogens with one attached hydrogen (secondary N) is 1. The van der Waals surface area contributed by atoms with Crippen LogP contribution in [0.15, 0.2) is 29.1 Å². The van der Waals surface area contributed by atoms with Crippen LogP contribution in [0.4, 0.5) is 0 Å². The largest absolute Gasteiger partial charge is 0.305 e. The molecule has 0 aliphatic rings. The molecule has 90 valence electrons. The third-order valence-electron chi connectivity index (χ3n) is 2.55. The molecule has 0 fully saturated rings. The fourth-order valence-electron chi connectivity index (χ4n) is 1.78. The summed E-state index contributed by atoms with van der Waals surface area (Å²) in [5.41, 5.74) is 2.16. The summed E-state index contributed by atoms with van der Waals surface area (Å²) in [5.74, 6) is 0. The third-order valence-corrected chi connectivity index (χ3v) is 3.11. The quantitative estimate of drug-likeness (QED) is 0.932. The van der Waals surface area contributed by atoms with Crippen LogP contribution in [0, 0.1) is 0 Å². The molecule has 0 aliphatic heterocycles. The van der Waals surface area contributed by atoms with Gasteiger partial charge >= 0.3 is 0 Å². The van der Waals surface area contributed by atoms with E-state index in [1.165, 1.54) is 0 Å². The van der Waals surface area contributed by atoms with Gasteiger partial charge in [-0.2, -0.15) is 0 Å². The van der Waals surface area contributed by atoms with Crippen LogP contribution in [0.25, 0.3) is 0 Å². The lowest BCUT2D eigenvalue weighted by atomic mass is 10.1. The molecule has 17 heavy (non-hydrogen) atoms. The Bertz CT molecular complexity index is 462. The zero-order chi connectivity index (χ0) is 12.3. The highest BCUT2D eigenvalue weighted by Gasteiger charge is 2.20. The van der Waals surface area contributed by atoms with Crippen molar-refractivity contribution in [2.75, 3.05) is 6.54 Å². The van der Waals surface area contributed by atoms with Crippen LogP contribution in [-0.4, -0.2) is 26.5 Å². The molecule has 0 bridgehead atoms. The van der Waals surface area contributed by atoms with Crippen LogP contribution in [0.2, 0.25) is 0 Å². The maximum absolute atomic E-state index is 4.04. The lowest BCUT2D eigenvalue weighted by molar-refractivity contribution is 0.566. The molecule has 2 heterocycles. The minimum atomic E-state index is 0.0670. The Balaban J connectivity index is 2.43. The maximum atomic E-state index is 4.04. The monoisotopic (exact) mass is 295 g/mol. The molecule has 1 N–H and O–H groups in total. The SMILES string of the molecule is CCNC(c1ccncc1)c1c(Br)nnn1C. The first-order chi connectivity index (χ1) is 8.24.